The molecule has 0 bridgehead atoms. The summed E-state index contributed by atoms with van der Waals surface area (Å²) >= 11 is 5.73. The zero-order chi connectivity index (χ0) is 13.0. The number of aromatic nitrogens is 2. The lowest BCUT2D eigenvalue weighted by Crippen LogP contribution is -2.07. The minimum absolute atomic E-state index is 0.385. The zero-order valence-corrected chi connectivity index (χ0v) is 10.7. The van der Waals surface area contributed by atoms with Crippen LogP contribution in [-0.2, 0) is 10.0 Å². The Morgan fingerprint density at radius 2 is 2.00 bits per heavy atom. The average molecular weight is 284 g/mol. The molecule has 0 saturated heterocycles. The first-order valence-electron chi connectivity index (χ1n) is 5.00. The molecule has 0 radical (unpaired) electrons. The Morgan fingerprint density at radius 3 is 2.61 bits per heavy atom. The molecule has 0 fully saturated rings. The normalized spacial score (nSPS) is 11.8. The van der Waals surface area contributed by atoms with Gasteiger partial charge in [0.25, 0.3) is 10.0 Å². The first-order chi connectivity index (χ1) is 8.55. The maximum Gasteiger partial charge on any atom is 0.255 e. The maximum atomic E-state index is 11.7. The van der Waals surface area contributed by atoms with Crippen molar-refractivity contribution in [2.45, 2.75) is 0 Å². The number of H-pyrrole nitrogens is 1. The van der Waals surface area contributed by atoms with Crippen molar-refractivity contribution in [2.24, 2.45) is 0 Å². The number of halogens is 1. The van der Waals surface area contributed by atoms with Crippen LogP contribution in [0.15, 0.2) is 42.1 Å². The third-order valence-electron chi connectivity index (χ3n) is 2.07. The van der Waals surface area contributed by atoms with Gasteiger partial charge in [-0.05, 0) is 23.8 Å². The highest BCUT2D eigenvalue weighted by molar-refractivity contribution is 7.95. The van der Waals surface area contributed by atoms with Crippen LogP contribution < -0.4 is 4.72 Å². The summed E-state index contributed by atoms with van der Waals surface area (Å²) in [6, 6.07) is 6.84. The van der Waals surface area contributed by atoms with Gasteiger partial charge in [0, 0.05) is 11.2 Å². The molecule has 0 spiro atoms. The second kappa shape index (κ2) is 5.24. The van der Waals surface area contributed by atoms with E-state index in [1.165, 1.54) is 18.5 Å². The third-order valence-corrected chi connectivity index (χ3v) is 3.33. The monoisotopic (exact) mass is 283 g/mol. The Labute approximate surface area is 110 Å². The van der Waals surface area contributed by atoms with Crippen LogP contribution >= 0.6 is 11.6 Å². The van der Waals surface area contributed by atoms with Gasteiger partial charge in [-0.25, -0.2) is 8.42 Å². The highest BCUT2D eigenvalue weighted by Gasteiger charge is 2.05. The van der Waals surface area contributed by atoms with Gasteiger partial charge in [0.05, 0.1) is 17.3 Å². The predicted molar refractivity (Wildman–Crippen MR) is 71.6 cm³/mol. The first kappa shape index (κ1) is 12.7. The molecule has 0 aliphatic carbocycles. The largest absolute Gasteiger partial charge is 0.284 e. The highest BCUT2D eigenvalue weighted by atomic mass is 35.5. The molecule has 1 heterocycles. The molecule has 0 atom stereocenters. The van der Waals surface area contributed by atoms with Crippen LogP contribution in [0.5, 0.6) is 0 Å². The van der Waals surface area contributed by atoms with E-state index in [2.05, 4.69) is 14.9 Å². The van der Waals surface area contributed by atoms with Gasteiger partial charge in [-0.1, -0.05) is 23.7 Å². The quantitative estimate of drug-likeness (QED) is 0.905. The van der Waals surface area contributed by atoms with Crippen LogP contribution in [-0.4, -0.2) is 18.6 Å². The molecule has 2 N–H and O–H groups in total. The predicted octanol–water partition coefficient (Wildman–Crippen LogP) is 2.48. The number of rotatable bonds is 4. The van der Waals surface area contributed by atoms with Crippen molar-refractivity contribution in [1.29, 1.82) is 0 Å². The van der Waals surface area contributed by atoms with Gasteiger partial charge in [0.1, 0.15) is 0 Å². The molecule has 0 aliphatic heterocycles. The lowest BCUT2D eigenvalue weighted by Gasteiger charge is -1.99. The summed E-state index contributed by atoms with van der Waals surface area (Å²) in [6.45, 7) is 0. The van der Waals surface area contributed by atoms with Crippen molar-refractivity contribution in [3.63, 3.8) is 0 Å². The van der Waals surface area contributed by atoms with Gasteiger partial charge in [-0.15, -0.1) is 0 Å². The number of anilines is 1. The van der Waals surface area contributed by atoms with E-state index in [1.807, 2.05) is 0 Å². The van der Waals surface area contributed by atoms with Gasteiger partial charge in [-0.3, -0.25) is 9.82 Å². The summed E-state index contributed by atoms with van der Waals surface area (Å²) in [4.78, 5) is 0. The Bertz CT molecular complexity index is 633. The van der Waals surface area contributed by atoms with E-state index in [-0.39, 0.29) is 0 Å². The summed E-state index contributed by atoms with van der Waals surface area (Å²) < 4.78 is 25.7. The van der Waals surface area contributed by atoms with Crippen molar-refractivity contribution >= 4 is 33.4 Å². The minimum atomic E-state index is -3.54. The molecule has 5 nitrogen and oxygen atoms in total. The molecular weight excluding hydrogens is 274 g/mol. The first-order valence-corrected chi connectivity index (χ1v) is 6.93. The number of benzene rings is 1. The zero-order valence-electron chi connectivity index (χ0n) is 9.17. The lowest BCUT2D eigenvalue weighted by molar-refractivity contribution is 0.609. The van der Waals surface area contributed by atoms with E-state index in [4.69, 9.17) is 11.6 Å². The molecule has 1 aromatic heterocycles. The molecule has 0 unspecified atom stereocenters. The summed E-state index contributed by atoms with van der Waals surface area (Å²) in [5, 5.41) is 7.85. The summed E-state index contributed by atoms with van der Waals surface area (Å²) in [7, 11) is -3.54. The molecule has 2 rings (SSSR count). The fourth-order valence-corrected chi connectivity index (χ4v) is 2.22. The third kappa shape index (κ3) is 3.61. The minimum Gasteiger partial charge on any atom is -0.284 e. The number of hydrogen-bond acceptors (Lipinski definition) is 3. The van der Waals surface area contributed by atoms with Gasteiger partial charge in [-0.2, -0.15) is 5.10 Å². The van der Waals surface area contributed by atoms with E-state index < -0.39 is 10.0 Å². The number of sulfonamides is 1. The Morgan fingerprint density at radius 1 is 1.28 bits per heavy atom. The van der Waals surface area contributed by atoms with Crippen LogP contribution in [0.1, 0.15) is 5.56 Å². The SMILES string of the molecule is O=S(=O)(/C=C/c1ccc(Cl)cc1)Nc1cn[nH]c1. The van der Waals surface area contributed by atoms with E-state index in [1.54, 1.807) is 24.3 Å². The second-order valence-corrected chi connectivity index (χ2v) is 5.49. The summed E-state index contributed by atoms with van der Waals surface area (Å²) in [5.41, 5.74) is 1.13. The fourth-order valence-electron chi connectivity index (χ4n) is 1.25. The molecule has 1 aromatic carbocycles. The van der Waals surface area contributed by atoms with Crippen molar-refractivity contribution in [3.05, 3.63) is 52.7 Å². The fraction of sp³-hybridized carbons (Fsp3) is 0. The molecular formula is C11H10ClN3O2S. The molecule has 94 valence electrons. The van der Waals surface area contributed by atoms with Crippen LogP contribution in [0.3, 0.4) is 0 Å². The molecule has 2 aromatic rings. The van der Waals surface area contributed by atoms with Crippen molar-refractivity contribution in [1.82, 2.24) is 10.2 Å². The average Bonchev–Trinajstić information content (AvgIpc) is 2.80. The summed E-state index contributed by atoms with van der Waals surface area (Å²) in [6.07, 6.45) is 4.32. The molecule has 0 aliphatic rings. The number of nitrogens with one attached hydrogen (secondary N) is 2. The maximum absolute atomic E-state index is 11.7. The Kier molecular flexibility index (Phi) is 3.69. The van der Waals surface area contributed by atoms with Crippen molar-refractivity contribution < 1.29 is 8.42 Å². The molecule has 0 amide bonds. The van der Waals surface area contributed by atoms with Crippen LogP contribution in [0.4, 0.5) is 5.69 Å². The Hall–Kier alpha value is -1.79. The van der Waals surface area contributed by atoms with Crippen LogP contribution in [0.25, 0.3) is 6.08 Å². The lowest BCUT2D eigenvalue weighted by atomic mass is 10.2. The number of aromatic amines is 1. The molecule has 7 heteroatoms. The molecule has 18 heavy (non-hydrogen) atoms. The van der Waals surface area contributed by atoms with E-state index in [0.29, 0.717) is 10.7 Å². The van der Waals surface area contributed by atoms with Crippen molar-refractivity contribution in [2.75, 3.05) is 4.72 Å². The van der Waals surface area contributed by atoms with Gasteiger partial charge in [0.2, 0.25) is 0 Å². The smallest absolute Gasteiger partial charge is 0.255 e. The van der Waals surface area contributed by atoms with Crippen LogP contribution in [0.2, 0.25) is 5.02 Å². The van der Waals surface area contributed by atoms with Crippen LogP contribution in [0, 0.1) is 0 Å². The summed E-state index contributed by atoms with van der Waals surface area (Å²) in [5.74, 6) is 0. The van der Waals surface area contributed by atoms with E-state index >= 15 is 0 Å². The number of hydrogen-bond donors (Lipinski definition) is 2. The second-order valence-electron chi connectivity index (χ2n) is 3.49. The van der Waals surface area contributed by atoms with E-state index in [9.17, 15) is 8.42 Å². The van der Waals surface area contributed by atoms with Gasteiger partial charge < -0.3 is 0 Å². The number of nitrogens with zero attached hydrogens (tertiary/aromatic N) is 1. The van der Waals surface area contributed by atoms with Gasteiger partial charge in [0.15, 0.2) is 0 Å². The molecule has 0 saturated carbocycles. The van der Waals surface area contributed by atoms with E-state index in [0.717, 1.165) is 11.0 Å². The van der Waals surface area contributed by atoms with Gasteiger partial charge >= 0.3 is 0 Å². The topological polar surface area (TPSA) is 74.8 Å². The standard InChI is InChI=1S/C11H10ClN3O2S/c12-10-3-1-9(2-4-10)5-6-18(16,17)15-11-7-13-14-8-11/h1-8,15H,(H,13,14)/b6-5+. The highest BCUT2D eigenvalue weighted by Crippen LogP contribution is 2.12. The Balaban J connectivity index is 2.10. The van der Waals surface area contributed by atoms with Crippen molar-refractivity contribution in [3.8, 4) is 0 Å².